The largest absolute Gasteiger partial charge is 0.310 e. The summed E-state index contributed by atoms with van der Waals surface area (Å²) >= 11 is 0. The number of pyridine rings is 3. The van der Waals surface area contributed by atoms with Crippen molar-refractivity contribution in [2.45, 2.75) is 0 Å². The van der Waals surface area contributed by atoms with Crippen LogP contribution in [0.5, 0.6) is 0 Å². The zero-order valence-corrected chi connectivity index (χ0v) is 31.2. The highest BCUT2D eigenvalue weighted by Gasteiger charge is 2.20. The van der Waals surface area contributed by atoms with Crippen molar-refractivity contribution >= 4 is 82.9 Å². The average Bonchev–Trinajstić information content (AvgIpc) is 3.93. The summed E-state index contributed by atoms with van der Waals surface area (Å²) < 4.78 is 6.97. The van der Waals surface area contributed by atoms with E-state index in [4.69, 9.17) is 15.0 Å². The quantitative estimate of drug-likeness (QED) is 0.170. The molecule has 6 aromatic carbocycles. The van der Waals surface area contributed by atoms with E-state index in [1.807, 2.05) is 36.8 Å². The summed E-state index contributed by atoms with van der Waals surface area (Å²) in [7, 11) is 0. The van der Waals surface area contributed by atoms with Gasteiger partial charge in [-0.1, -0.05) is 72.8 Å². The first kappa shape index (κ1) is 32.2. The van der Waals surface area contributed by atoms with E-state index < -0.39 is 0 Å². The fraction of sp³-hybridized carbons (Fsp3) is 0. The summed E-state index contributed by atoms with van der Waals surface area (Å²) in [4.78, 5) is 16.8. The van der Waals surface area contributed by atoms with Gasteiger partial charge in [-0.2, -0.15) is 0 Å². The van der Waals surface area contributed by atoms with Crippen LogP contribution in [0.4, 0.5) is 17.1 Å². The van der Waals surface area contributed by atoms with Gasteiger partial charge in [0.05, 0.1) is 49.7 Å². The normalized spacial score (nSPS) is 11.8. The first-order valence-electron chi connectivity index (χ1n) is 19.4. The zero-order chi connectivity index (χ0) is 38.2. The van der Waals surface area contributed by atoms with Gasteiger partial charge in [0, 0.05) is 68.9 Å². The Balaban J connectivity index is 1.10. The molecule has 0 unspecified atom stereocenters. The predicted octanol–water partition coefficient (Wildman–Crippen LogP) is 12.6. The Hall–Kier alpha value is -8.03. The highest BCUT2D eigenvalue weighted by Crippen LogP contribution is 2.41. The van der Waals surface area contributed by atoms with Crippen LogP contribution < -0.4 is 4.90 Å². The molecule has 0 amide bonds. The molecule has 0 saturated heterocycles. The lowest BCUT2D eigenvalue weighted by Crippen LogP contribution is -2.12. The predicted molar refractivity (Wildman–Crippen MR) is 238 cm³/mol. The van der Waals surface area contributed by atoms with Crippen molar-refractivity contribution in [2.24, 2.45) is 0 Å². The Morgan fingerprint density at radius 1 is 0.293 bits per heavy atom. The monoisotopic (exact) mass is 743 g/mol. The second-order valence-electron chi connectivity index (χ2n) is 14.6. The molecule has 12 rings (SSSR count). The van der Waals surface area contributed by atoms with E-state index >= 15 is 0 Å². The molecular formula is C51H33N7. The Morgan fingerprint density at radius 2 is 0.603 bits per heavy atom. The minimum atomic E-state index is 0.988. The van der Waals surface area contributed by atoms with Crippen molar-refractivity contribution in [1.82, 2.24) is 28.7 Å². The summed E-state index contributed by atoms with van der Waals surface area (Å²) in [6.07, 6.45) is 5.62. The minimum absolute atomic E-state index is 0.988. The first-order chi connectivity index (χ1) is 28.8. The fourth-order valence-corrected chi connectivity index (χ4v) is 8.95. The van der Waals surface area contributed by atoms with E-state index in [2.05, 4.69) is 182 Å². The van der Waals surface area contributed by atoms with Gasteiger partial charge in [0.25, 0.3) is 0 Å². The van der Waals surface area contributed by atoms with Gasteiger partial charge in [-0.3, -0.25) is 15.0 Å². The second-order valence-corrected chi connectivity index (χ2v) is 14.6. The van der Waals surface area contributed by atoms with Gasteiger partial charge in [-0.15, -0.1) is 0 Å². The molecule has 0 spiro atoms. The van der Waals surface area contributed by atoms with E-state index in [0.29, 0.717) is 0 Å². The van der Waals surface area contributed by atoms with Crippen LogP contribution in [0.15, 0.2) is 201 Å². The van der Waals surface area contributed by atoms with Crippen LogP contribution >= 0.6 is 0 Å². The molecule has 58 heavy (non-hydrogen) atoms. The summed E-state index contributed by atoms with van der Waals surface area (Å²) in [6, 6.07) is 64.5. The third kappa shape index (κ3) is 4.83. The SMILES string of the molecule is c1cc(N(c2cccc(-n3c4ccccc4c4ncccc43)c2)c2cccc(-n3c4ccccc4c4ncccc43)c2)cc(-n2c3ccccc3c3ncccc32)c1. The topological polar surface area (TPSA) is 56.7 Å². The number of rotatable bonds is 6. The van der Waals surface area contributed by atoms with Crippen molar-refractivity contribution < 1.29 is 0 Å². The van der Waals surface area contributed by atoms with Crippen molar-refractivity contribution in [3.05, 3.63) is 201 Å². The van der Waals surface area contributed by atoms with Gasteiger partial charge in [-0.25, -0.2) is 0 Å². The fourth-order valence-electron chi connectivity index (χ4n) is 8.95. The third-order valence-electron chi connectivity index (χ3n) is 11.3. The van der Waals surface area contributed by atoms with E-state index in [1.165, 1.54) is 0 Å². The first-order valence-corrected chi connectivity index (χ1v) is 19.4. The van der Waals surface area contributed by atoms with Crippen LogP contribution in [0.2, 0.25) is 0 Å². The molecule has 0 radical (unpaired) electrons. The zero-order valence-electron chi connectivity index (χ0n) is 31.2. The number of anilines is 3. The molecule has 7 nitrogen and oxygen atoms in total. The van der Waals surface area contributed by atoms with Crippen LogP contribution in [-0.4, -0.2) is 28.7 Å². The standard InChI is InChI=1S/C51H33N7/c1-4-22-43-40(19-1)49-46(25-10-28-52-49)56(43)37-16-7-13-34(31-37)55(35-14-8-17-38(32-35)57-44-23-5-2-20-41(44)50-47(57)26-11-29-53-50)36-15-9-18-39(33-36)58-45-24-6-3-21-42(45)51-48(58)27-12-30-54-51/h1-33H. The molecule has 0 fully saturated rings. The van der Waals surface area contributed by atoms with Gasteiger partial charge in [-0.05, 0) is 109 Å². The molecule has 272 valence electrons. The lowest BCUT2D eigenvalue weighted by molar-refractivity contribution is 1.15. The van der Waals surface area contributed by atoms with Gasteiger partial charge < -0.3 is 18.6 Å². The second kappa shape index (κ2) is 12.8. The molecule has 0 aliphatic rings. The van der Waals surface area contributed by atoms with Crippen molar-refractivity contribution in [3.8, 4) is 17.1 Å². The number of benzene rings is 6. The Labute approximate surface area is 332 Å². The number of aromatic nitrogens is 6. The summed E-state index contributed by atoms with van der Waals surface area (Å²) in [5, 5.41) is 3.38. The molecule has 0 atom stereocenters. The summed E-state index contributed by atoms with van der Waals surface area (Å²) in [5.74, 6) is 0. The lowest BCUT2D eigenvalue weighted by Gasteiger charge is -2.27. The van der Waals surface area contributed by atoms with Gasteiger partial charge >= 0.3 is 0 Å². The number of nitrogens with zero attached hydrogens (tertiary/aromatic N) is 7. The smallest absolute Gasteiger partial charge is 0.0963 e. The van der Waals surface area contributed by atoms with Crippen molar-refractivity contribution in [3.63, 3.8) is 0 Å². The van der Waals surface area contributed by atoms with Crippen molar-refractivity contribution in [2.75, 3.05) is 4.90 Å². The van der Waals surface area contributed by atoms with Gasteiger partial charge in [0.2, 0.25) is 0 Å². The molecule has 12 aromatic rings. The average molecular weight is 744 g/mol. The maximum Gasteiger partial charge on any atom is 0.0963 e. The number of hydrogen-bond donors (Lipinski definition) is 0. The summed E-state index contributed by atoms with van der Waals surface area (Å²) in [6.45, 7) is 0. The molecular weight excluding hydrogens is 711 g/mol. The third-order valence-corrected chi connectivity index (χ3v) is 11.3. The molecule has 0 bridgehead atoms. The van der Waals surface area contributed by atoms with Crippen LogP contribution in [0.25, 0.3) is 82.9 Å². The van der Waals surface area contributed by atoms with E-state index in [1.54, 1.807) is 0 Å². The van der Waals surface area contributed by atoms with Crippen molar-refractivity contribution in [1.29, 1.82) is 0 Å². The maximum absolute atomic E-state index is 4.82. The molecule has 7 heteroatoms. The van der Waals surface area contributed by atoms with Crippen LogP contribution in [0, 0.1) is 0 Å². The highest BCUT2D eigenvalue weighted by atomic mass is 15.2. The Bertz CT molecular complexity index is 3020. The Kier molecular flexibility index (Phi) is 7.09. The van der Waals surface area contributed by atoms with Gasteiger partial charge in [0.15, 0.2) is 0 Å². The molecule has 0 aliphatic carbocycles. The van der Waals surface area contributed by atoms with Crippen LogP contribution in [0.1, 0.15) is 0 Å². The number of para-hydroxylation sites is 3. The van der Waals surface area contributed by atoms with Crippen LogP contribution in [-0.2, 0) is 0 Å². The van der Waals surface area contributed by atoms with E-state index in [-0.39, 0.29) is 0 Å². The highest BCUT2D eigenvalue weighted by molar-refractivity contribution is 6.09. The minimum Gasteiger partial charge on any atom is -0.310 e. The molecule has 6 heterocycles. The van der Waals surface area contributed by atoms with E-state index in [9.17, 15) is 0 Å². The molecule has 6 aromatic heterocycles. The summed E-state index contributed by atoms with van der Waals surface area (Å²) in [5.41, 5.74) is 15.7. The number of hydrogen-bond acceptors (Lipinski definition) is 4. The molecule has 0 saturated carbocycles. The van der Waals surface area contributed by atoms with Gasteiger partial charge in [0.1, 0.15) is 0 Å². The molecule has 0 aliphatic heterocycles. The lowest BCUT2D eigenvalue weighted by atomic mass is 10.1. The number of fused-ring (bicyclic) bond motifs is 9. The molecule has 0 N–H and O–H groups in total. The van der Waals surface area contributed by atoms with E-state index in [0.717, 1.165) is 99.9 Å². The Morgan fingerprint density at radius 3 is 0.948 bits per heavy atom. The maximum atomic E-state index is 4.82. The van der Waals surface area contributed by atoms with Crippen LogP contribution in [0.3, 0.4) is 0 Å².